The molecule has 242 valence electrons. The maximum Gasteiger partial charge on any atom is 2.00 e. The number of aryl methyl sites for hydroxylation is 1. The van der Waals surface area contributed by atoms with Crippen molar-refractivity contribution in [3.8, 4) is 28.1 Å². The van der Waals surface area contributed by atoms with Gasteiger partial charge in [-0.05, 0) is 66.3 Å². The van der Waals surface area contributed by atoms with Gasteiger partial charge in [0.2, 0.25) is 0 Å². The van der Waals surface area contributed by atoms with Crippen molar-refractivity contribution in [1.29, 1.82) is 0 Å². The molecule has 5 aromatic carbocycles. The monoisotopic (exact) mass is 816 g/mol. The SMILES string of the molecule is Cc1ccnc(-c2[c-]c3c(cc2)c2ccccc2n3-c2[c-]c(C3=N[C@]4(C)C(C)(C)c5ccccc5[C@]4(C)O3)cc(-c3ccccc3)c2)c1.[Pt+2]. The second-order valence-corrected chi connectivity index (χ2v) is 14.0. The van der Waals surface area contributed by atoms with E-state index >= 15 is 0 Å². The molecule has 0 fully saturated rings. The number of aliphatic imine (C=N–C) groups is 1. The first-order chi connectivity index (χ1) is 23.2. The van der Waals surface area contributed by atoms with Crippen LogP contribution in [0.25, 0.3) is 49.9 Å². The molecule has 0 saturated heterocycles. The standard InChI is InChI=1S/C44H35N3O.Pt/c1-28-21-22-45-38(23-28)30-19-20-35-34-15-9-12-18-39(34)47(40(35)27-30)33-25-31(29-13-7-6-8-14-29)24-32(26-33)41-46-44(5)42(2,3)36-16-10-11-17-37(36)43(44,4)48-41;/h6-25H,1-5H3;/q-2;+2/t43-,44+;/m0./s1. The molecular formula is C44H35N3OPt. The number of para-hydroxylation sites is 1. The Morgan fingerprint density at radius 2 is 1.41 bits per heavy atom. The van der Waals surface area contributed by atoms with Gasteiger partial charge >= 0.3 is 21.1 Å². The van der Waals surface area contributed by atoms with Crippen LogP contribution in [-0.4, -0.2) is 21.0 Å². The van der Waals surface area contributed by atoms with E-state index < -0.39 is 11.1 Å². The van der Waals surface area contributed by atoms with Crippen LogP contribution in [0.2, 0.25) is 0 Å². The number of aromatic nitrogens is 2. The number of fused-ring (bicyclic) bond motifs is 6. The van der Waals surface area contributed by atoms with Gasteiger partial charge in [0.25, 0.3) is 0 Å². The first-order valence-corrected chi connectivity index (χ1v) is 16.6. The predicted molar refractivity (Wildman–Crippen MR) is 195 cm³/mol. The maximum atomic E-state index is 7.04. The Balaban J connectivity index is 0.00000348. The number of nitrogens with zero attached hydrogens (tertiary/aromatic N) is 3. The summed E-state index contributed by atoms with van der Waals surface area (Å²) >= 11 is 0. The van der Waals surface area contributed by atoms with Crippen LogP contribution >= 0.6 is 0 Å². The van der Waals surface area contributed by atoms with Crippen molar-refractivity contribution in [3.05, 3.63) is 156 Å². The van der Waals surface area contributed by atoms with Gasteiger partial charge in [0.15, 0.2) is 0 Å². The van der Waals surface area contributed by atoms with Crippen molar-refractivity contribution >= 4 is 27.7 Å². The van der Waals surface area contributed by atoms with Crippen LogP contribution in [0.1, 0.15) is 49.9 Å². The number of pyridine rings is 1. The van der Waals surface area contributed by atoms with E-state index in [9.17, 15) is 0 Å². The fourth-order valence-electron chi connectivity index (χ4n) is 8.06. The van der Waals surface area contributed by atoms with Gasteiger partial charge in [-0.25, -0.2) is 0 Å². The molecule has 1 aliphatic heterocycles. The molecule has 0 saturated carbocycles. The molecule has 5 heteroatoms. The number of ether oxygens (including phenoxy) is 1. The maximum absolute atomic E-state index is 7.04. The Bertz CT molecular complexity index is 2460. The molecule has 9 rings (SSSR count). The topological polar surface area (TPSA) is 39.4 Å². The summed E-state index contributed by atoms with van der Waals surface area (Å²) in [5.74, 6) is 0.621. The van der Waals surface area contributed by atoms with Crippen LogP contribution in [0, 0.1) is 19.1 Å². The fourth-order valence-corrected chi connectivity index (χ4v) is 8.06. The number of rotatable bonds is 4. The molecule has 0 N–H and O–H groups in total. The zero-order chi connectivity index (χ0) is 32.8. The Morgan fingerprint density at radius 1 is 0.673 bits per heavy atom. The third-order valence-electron chi connectivity index (χ3n) is 11.1. The first-order valence-electron chi connectivity index (χ1n) is 16.6. The van der Waals surface area contributed by atoms with Gasteiger partial charge in [-0.3, -0.25) is 4.99 Å². The van der Waals surface area contributed by atoms with Crippen molar-refractivity contribution in [3.63, 3.8) is 0 Å². The summed E-state index contributed by atoms with van der Waals surface area (Å²) in [6.07, 6.45) is 1.86. The van der Waals surface area contributed by atoms with Crippen LogP contribution in [-0.2, 0) is 36.8 Å². The van der Waals surface area contributed by atoms with Crippen molar-refractivity contribution in [2.75, 3.05) is 0 Å². The predicted octanol–water partition coefficient (Wildman–Crippen LogP) is 10.2. The van der Waals surface area contributed by atoms with Crippen LogP contribution in [0.15, 0.2) is 126 Å². The fraction of sp³-hybridized carbons (Fsp3) is 0.182. The van der Waals surface area contributed by atoms with E-state index in [-0.39, 0.29) is 26.5 Å². The molecule has 3 heterocycles. The second-order valence-electron chi connectivity index (χ2n) is 14.0. The molecule has 1 aliphatic carbocycles. The first kappa shape index (κ1) is 31.5. The number of hydrogen-bond donors (Lipinski definition) is 0. The molecule has 7 aromatic rings. The average molecular weight is 817 g/mol. The zero-order valence-electron chi connectivity index (χ0n) is 28.1. The minimum atomic E-state index is -0.616. The van der Waals surface area contributed by atoms with E-state index in [0.29, 0.717) is 5.90 Å². The molecule has 0 bridgehead atoms. The number of benzene rings is 5. The van der Waals surface area contributed by atoms with Gasteiger partial charge in [-0.2, -0.15) is 0 Å². The molecule has 0 unspecified atom stereocenters. The molecule has 0 radical (unpaired) electrons. The van der Waals surface area contributed by atoms with Gasteiger partial charge in [0.1, 0.15) is 17.0 Å². The molecular weight excluding hydrogens is 782 g/mol. The molecule has 0 amide bonds. The van der Waals surface area contributed by atoms with Crippen molar-refractivity contribution < 1.29 is 25.8 Å². The molecule has 2 aromatic heterocycles. The van der Waals surface area contributed by atoms with E-state index in [1.165, 1.54) is 11.1 Å². The number of hydrogen-bond acceptors (Lipinski definition) is 3. The summed E-state index contributed by atoms with van der Waals surface area (Å²) < 4.78 is 9.32. The third kappa shape index (κ3) is 4.46. The molecule has 49 heavy (non-hydrogen) atoms. The van der Waals surface area contributed by atoms with Gasteiger partial charge in [-0.1, -0.05) is 115 Å². The van der Waals surface area contributed by atoms with Crippen molar-refractivity contribution in [2.24, 2.45) is 4.99 Å². The largest absolute Gasteiger partial charge is 2.00 e. The molecule has 2 aliphatic rings. The molecule has 2 atom stereocenters. The van der Waals surface area contributed by atoms with Crippen LogP contribution < -0.4 is 0 Å². The van der Waals surface area contributed by atoms with Gasteiger partial charge in [0.05, 0.1) is 0 Å². The Hall–Kier alpha value is -4.79. The van der Waals surface area contributed by atoms with E-state index in [1.54, 1.807) is 0 Å². The van der Waals surface area contributed by atoms with E-state index in [2.05, 4.69) is 165 Å². The molecule has 4 nitrogen and oxygen atoms in total. The minimum absolute atomic E-state index is 0. The van der Waals surface area contributed by atoms with E-state index in [0.717, 1.165) is 61.0 Å². The summed E-state index contributed by atoms with van der Waals surface area (Å²) in [6.45, 7) is 11.1. The summed E-state index contributed by atoms with van der Waals surface area (Å²) in [7, 11) is 0. The summed E-state index contributed by atoms with van der Waals surface area (Å²) in [5, 5.41) is 2.29. The van der Waals surface area contributed by atoms with Gasteiger partial charge < -0.3 is 14.3 Å². The van der Waals surface area contributed by atoms with Crippen LogP contribution in [0.3, 0.4) is 0 Å². The third-order valence-corrected chi connectivity index (χ3v) is 11.1. The van der Waals surface area contributed by atoms with E-state index in [4.69, 9.17) is 9.73 Å². The van der Waals surface area contributed by atoms with E-state index in [1.807, 2.05) is 12.3 Å². The Kier molecular flexibility index (Phi) is 7.14. The Labute approximate surface area is 301 Å². The van der Waals surface area contributed by atoms with Crippen molar-refractivity contribution in [2.45, 2.75) is 51.2 Å². The van der Waals surface area contributed by atoms with Gasteiger partial charge in [-0.15, -0.1) is 42.0 Å². The second kappa shape index (κ2) is 11.1. The smallest absolute Gasteiger partial charge is 0.508 e. The normalized spacial score (nSPS) is 20.4. The zero-order valence-corrected chi connectivity index (χ0v) is 30.4. The Morgan fingerprint density at radius 3 is 2.20 bits per heavy atom. The average Bonchev–Trinajstić information content (AvgIpc) is 3.64. The summed E-state index contributed by atoms with van der Waals surface area (Å²) in [4.78, 5) is 10.2. The minimum Gasteiger partial charge on any atom is -0.508 e. The quantitative estimate of drug-likeness (QED) is 0.166. The molecule has 0 spiro atoms. The summed E-state index contributed by atoms with van der Waals surface area (Å²) in [6, 6.07) is 48.1. The summed E-state index contributed by atoms with van der Waals surface area (Å²) in [5.41, 5.74) is 10.1. The van der Waals surface area contributed by atoms with Crippen LogP contribution in [0.4, 0.5) is 0 Å². The van der Waals surface area contributed by atoms with Crippen LogP contribution in [0.5, 0.6) is 0 Å². The van der Waals surface area contributed by atoms with Gasteiger partial charge in [0, 0.05) is 22.7 Å². The van der Waals surface area contributed by atoms with Crippen molar-refractivity contribution in [1.82, 2.24) is 9.55 Å².